The van der Waals surface area contributed by atoms with Gasteiger partial charge in [0.1, 0.15) is 0 Å². The third-order valence-electron chi connectivity index (χ3n) is 7.60. The molecule has 0 radical (unpaired) electrons. The van der Waals surface area contributed by atoms with Crippen LogP contribution in [0.5, 0.6) is 0 Å². The lowest BCUT2D eigenvalue weighted by Crippen LogP contribution is -2.54. The van der Waals surface area contributed by atoms with E-state index in [-0.39, 0.29) is 6.71 Å². The molecule has 5 aromatic carbocycles. The number of hydrogen-bond donors (Lipinski definition) is 0. The molecule has 0 saturated heterocycles. The van der Waals surface area contributed by atoms with Crippen molar-refractivity contribution in [1.29, 1.82) is 0 Å². The van der Waals surface area contributed by atoms with E-state index < -0.39 is 0 Å². The number of rotatable bonds is 2. The quantitative estimate of drug-likeness (QED) is 0.272. The zero-order chi connectivity index (χ0) is 23.7. The van der Waals surface area contributed by atoms with Gasteiger partial charge in [-0.05, 0) is 95.4 Å². The molecule has 0 bridgehead atoms. The van der Waals surface area contributed by atoms with Gasteiger partial charge in [-0.25, -0.2) is 0 Å². The molecule has 0 spiro atoms. The fourth-order valence-electron chi connectivity index (χ4n) is 6.05. The molecule has 0 atom stereocenters. The van der Waals surface area contributed by atoms with Crippen molar-refractivity contribution in [2.75, 3.05) is 4.90 Å². The topological polar surface area (TPSA) is 3.24 Å². The number of aryl methyl sites for hydroxylation is 3. The van der Waals surface area contributed by atoms with E-state index in [1.165, 1.54) is 72.4 Å². The Labute approximate surface area is 207 Å². The monoisotopic (exact) mass is 447 g/mol. The van der Waals surface area contributed by atoms with Gasteiger partial charge in [-0.15, -0.1) is 0 Å². The molecule has 2 aliphatic heterocycles. The van der Waals surface area contributed by atoms with E-state index in [2.05, 4.69) is 129 Å². The smallest absolute Gasteiger partial charge is 0.248 e. The maximum atomic E-state index is 2.50. The minimum atomic E-state index is 0.261. The highest BCUT2D eigenvalue weighted by atomic mass is 15.2. The zero-order valence-electron chi connectivity index (χ0n) is 20.3. The summed E-state index contributed by atoms with van der Waals surface area (Å²) < 4.78 is 0. The highest BCUT2D eigenvalue weighted by Gasteiger charge is 2.42. The molecule has 35 heavy (non-hydrogen) atoms. The normalized spacial score (nSPS) is 12.9. The van der Waals surface area contributed by atoms with Crippen molar-refractivity contribution >= 4 is 40.2 Å². The maximum Gasteiger partial charge on any atom is 0.248 e. The van der Waals surface area contributed by atoms with Crippen molar-refractivity contribution in [3.8, 4) is 22.3 Å². The second-order valence-corrected chi connectivity index (χ2v) is 10.1. The van der Waals surface area contributed by atoms with Crippen molar-refractivity contribution in [2.45, 2.75) is 20.8 Å². The zero-order valence-corrected chi connectivity index (χ0v) is 20.3. The largest absolute Gasteiger partial charge is 0.311 e. The van der Waals surface area contributed by atoms with Crippen molar-refractivity contribution in [2.24, 2.45) is 0 Å². The Morgan fingerprint density at radius 2 is 1.26 bits per heavy atom. The van der Waals surface area contributed by atoms with Crippen molar-refractivity contribution in [3.05, 3.63) is 120 Å². The summed E-state index contributed by atoms with van der Waals surface area (Å²) in [5.74, 6) is 0. The lowest BCUT2D eigenvalue weighted by molar-refractivity contribution is 1.27. The van der Waals surface area contributed by atoms with E-state index in [1.54, 1.807) is 0 Å². The minimum absolute atomic E-state index is 0.261. The molecule has 1 nitrogen and oxygen atoms in total. The highest BCUT2D eigenvalue weighted by molar-refractivity contribution is 7.01. The Kier molecular flexibility index (Phi) is 4.35. The van der Waals surface area contributed by atoms with Crippen LogP contribution in [0, 0.1) is 20.8 Å². The Balaban J connectivity index is 1.61. The second-order valence-electron chi connectivity index (χ2n) is 10.1. The summed E-state index contributed by atoms with van der Waals surface area (Å²) in [7, 11) is 0. The fraction of sp³-hybridized carbons (Fsp3) is 0.0909. The summed E-state index contributed by atoms with van der Waals surface area (Å²) in [5.41, 5.74) is 17.2. The lowest BCUT2D eigenvalue weighted by atomic mass is 9.37. The van der Waals surface area contributed by atoms with Crippen LogP contribution >= 0.6 is 0 Å². The van der Waals surface area contributed by atoms with Crippen LogP contribution in [0.15, 0.2) is 103 Å². The summed E-state index contributed by atoms with van der Waals surface area (Å²) in [5, 5.41) is 0. The van der Waals surface area contributed by atoms with Gasteiger partial charge in [0.05, 0.1) is 0 Å². The number of anilines is 3. The average Bonchev–Trinajstić information content (AvgIpc) is 3.19. The second kappa shape index (κ2) is 7.48. The third kappa shape index (κ3) is 3.03. The van der Waals surface area contributed by atoms with Gasteiger partial charge >= 0.3 is 0 Å². The summed E-state index contributed by atoms with van der Waals surface area (Å²) in [4.78, 5) is 2.50. The molecule has 0 aliphatic carbocycles. The van der Waals surface area contributed by atoms with E-state index in [9.17, 15) is 0 Å². The maximum absolute atomic E-state index is 2.50. The molecule has 0 fully saturated rings. The van der Waals surface area contributed by atoms with E-state index in [1.807, 2.05) is 0 Å². The van der Waals surface area contributed by atoms with Gasteiger partial charge in [0.15, 0.2) is 0 Å². The van der Waals surface area contributed by atoms with Gasteiger partial charge in [0.2, 0.25) is 6.71 Å². The van der Waals surface area contributed by atoms with Crippen LogP contribution in [-0.4, -0.2) is 6.71 Å². The van der Waals surface area contributed by atoms with Crippen molar-refractivity contribution < 1.29 is 0 Å². The molecule has 0 aromatic heterocycles. The molecule has 0 amide bonds. The number of benzene rings is 5. The number of nitrogens with zero attached hydrogens (tertiary/aromatic N) is 1. The first kappa shape index (κ1) is 20.3. The number of hydrogen-bond acceptors (Lipinski definition) is 1. The molecule has 166 valence electrons. The third-order valence-corrected chi connectivity index (χ3v) is 7.60. The standard InChI is InChI=1S/C33H26BN/c1-21-8-7-11-26(16-21)35-31-18-23(3)13-15-30(31)34-29-14-12-22(2)17-27(29)28-19-25(20-32(35)33(28)34)24-9-5-4-6-10-24/h4-20H,1-3H3. The van der Waals surface area contributed by atoms with Gasteiger partial charge in [0.25, 0.3) is 0 Å². The van der Waals surface area contributed by atoms with Gasteiger partial charge in [-0.2, -0.15) is 0 Å². The summed E-state index contributed by atoms with van der Waals surface area (Å²) in [6.07, 6.45) is 0. The van der Waals surface area contributed by atoms with Crippen molar-refractivity contribution in [1.82, 2.24) is 0 Å². The summed E-state index contributed by atoms with van der Waals surface area (Å²) >= 11 is 0. The van der Waals surface area contributed by atoms with Gasteiger partial charge in [-0.1, -0.05) is 83.8 Å². The van der Waals surface area contributed by atoms with Crippen molar-refractivity contribution in [3.63, 3.8) is 0 Å². The predicted molar refractivity (Wildman–Crippen MR) is 151 cm³/mol. The average molecular weight is 447 g/mol. The first-order chi connectivity index (χ1) is 17.1. The molecule has 7 rings (SSSR count). The molecule has 2 heteroatoms. The van der Waals surface area contributed by atoms with E-state index >= 15 is 0 Å². The SMILES string of the molecule is Cc1cccc(N2c3cc(C)ccc3B3c4ccc(C)cc4-c4cc(-c5ccccc5)cc2c43)c1. The van der Waals surface area contributed by atoms with Crippen LogP contribution in [0.25, 0.3) is 22.3 Å². The van der Waals surface area contributed by atoms with Crippen LogP contribution in [0.3, 0.4) is 0 Å². The Morgan fingerprint density at radius 3 is 2.06 bits per heavy atom. The summed E-state index contributed by atoms with van der Waals surface area (Å²) in [6.45, 7) is 6.83. The molecule has 0 N–H and O–H groups in total. The number of fused-ring (bicyclic) bond motifs is 5. The Morgan fingerprint density at radius 1 is 0.514 bits per heavy atom. The molecule has 0 saturated carbocycles. The fourth-order valence-corrected chi connectivity index (χ4v) is 6.05. The molecule has 2 heterocycles. The summed E-state index contributed by atoms with van der Waals surface area (Å²) in [6, 6.07) is 38.5. The van der Waals surface area contributed by atoms with Crippen LogP contribution in [0.4, 0.5) is 17.1 Å². The molecule has 0 unspecified atom stereocenters. The van der Waals surface area contributed by atoms with E-state index in [0.29, 0.717) is 0 Å². The van der Waals surface area contributed by atoms with E-state index in [4.69, 9.17) is 0 Å². The molecule has 5 aromatic rings. The van der Waals surface area contributed by atoms with Gasteiger partial charge in [-0.3, -0.25) is 0 Å². The first-order valence-corrected chi connectivity index (χ1v) is 12.4. The van der Waals surface area contributed by atoms with Crippen LogP contribution in [0.2, 0.25) is 0 Å². The van der Waals surface area contributed by atoms with Gasteiger partial charge in [0, 0.05) is 17.1 Å². The Bertz CT molecular complexity index is 1630. The molecule has 2 aliphatic rings. The van der Waals surface area contributed by atoms with Gasteiger partial charge < -0.3 is 4.90 Å². The van der Waals surface area contributed by atoms with Crippen LogP contribution < -0.4 is 21.3 Å². The van der Waals surface area contributed by atoms with Crippen LogP contribution in [0.1, 0.15) is 16.7 Å². The molecular formula is C33H26BN. The minimum Gasteiger partial charge on any atom is -0.311 e. The Hall–Kier alpha value is -4.04. The molecular weight excluding hydrogens is 421 g/mol. The van der Waals surface area contributed by atoms with Crippen LogP contribution in [-0.2, 0) is 0 Å². The highest BCUT2D eigenvalue weighted by Crippen LogP contribution is 2.43. The van der Waals surface area contributed by atoms with E-state index in [0.717, 1.165) is 0 Å². The lowest BCUT2D eigenvalue weighted by Gasteiger charge is -2.36. The first-order valence-electron chi connectivity index (χ1n) is 12.4. The predicted octanol–water partition coefficient (Wildman–Crippen LogP) is 6.56.